The van der Waals surface area contributed by atoms with Crippen molar-refractivity contribution in [2.75, 3.05) is 5.32 Å². The summed E-state index contributed by atoms with van der Waals surface area (Å²) in [7, 11) is 0. The van der Waals surface area contributed by atoms with E-state index in [1.54, 1.807) is 0 Å². The molecule has 5 heteroatoms. The van der Waals surface area contributed by atoms with Gasteiger partial charge in [-0.2, -0.15) is 5.10 Å². The maximum atomic E-state index is 12.5. The predicted molar refractivity (Wildman–Crippen MR) is 89.0 cm³/mol. The SMILES string of the molecule is Cc1[nH]nc(-c2ccccc2Cl)c1NC(=O)C1CCCCC1. The Labute approximate surface area is 135 Å². The molecule has 1 fully saturated rings. The number of H-pyrrole nitrogens is 1. The monoisotopic (exact) mass is 317 g/mol. The van der Waals surface area contributed by atoms with Crippen LogP contribution in [0.2, 0.25) is 5.02 Å². The van der Waals surface area contributed by atoms with Crippen LogP contribution in [0.5, 0.6) is 0 Å². The van der Waals surface area contributed by atoms with E-state index >= 15 is 0 Å². The highest BCUT2D eigenvalue weighted by Gasteiger charge is 2.24. The second-order valence-electron chi connectivity index (χ2n) is 5.88. The highest BCUT2D eigenvalue weighted by molar-refractivity contribution is 6.33. The van der Waals surface area contributed by atoms with Crippen LogP contribution < -0.4 is 5.32 Å². The van der Waals surface area contributed by atoms with Gasteiger partial charge in [-0.1, -0.05) is 49.1 Å². The summed E-state index contributed by atoms with van der Waals surface area (Å²) in [5, 5.41) is 11.0. The Morgan fingerprint density at radius 2 is 2.00 bits per heavy atom. The fraction of sp³-hybridized carbons (Fsp3) is 0.412. The largest absolute Gasteiger partial charge is 0.322 e. The van der Waals surface area contributed by atoms with E-state index in [0.717, 1.165) is 42.6 Å². The summed E-state index contributed by atoms with van der Waals surface area (Å²) in [6.07, 6.45) is 5.47. The summed E-state index contributed by atoms with van der Waals surface area (Å²) in [5.41, 5.74) is 3.11. The molecule has 1 amide bonds. The average Bonchev–Trinajstić information content (AvgIpc) is 2.90. The maximum absolute atomic E-state index is 12.5. The van der Waals surface area contributed by atoms with Gasteiger partial charge in [-0.05, 0) is 25.8 Å². The maximum Gasteiger partial charge on any atom is 0.227 e. The number of aromatic amines is 1. The molecule has 0 radical (unpaired) electrons. The highest BCUT2D eigenvalue weighted by Crippen LogP contribution is 2.34. The first-order chi connectivity index (χ1) is 10.7. The van der Waals surface area contributed by atoms with Gasteiger partial charge < -0.3 is 5.32 Å². The molecule has 1 aromatic heterocycles. The zero-order valence-corrected chi connectivity index (χ0v) is 13.4. The molecule has 0 unspecified atom stereocenters. The number of anilines is 1. The van der Waals surface area contributed by atoms with Crippen molar-refractivity contribution in [1.29, 1.82) is 0 Å². The van der Waals surface area contributed by atoms with E-state index in [2.05, 4.69) is 15.5 Å². The van der Waals surface area contributed by atoms with E-state index in [9.17, 15) is 4.79 Å². The number of nitrogens with one attached hydrogen (secondary N) is 2. The van der Waals surface area contributed by atoms with Crippen LogP contribution in [0.4, 0.5) is 5.69 Å². The minimum atomic E-state index is 0.0949. The van der Waals surface area contributed by atoms with Gasteiger partial charge in [0.2, 0.25) is 5.91 Å². The van der Waals surface area contributed by atoms with Crippen LogP contribution >= 0.6 is 11.6 Å². The topological polar surface area (TPSA) is 57.8 Å². The Bertz CT molecular complexity index is 674. The number of aromatic nitrogens is 2. The van der Waals surface area contributed by atoms with Crippen molar-refractivity contribution in [3.05, 3.63) is 35.0 Å². The number of carbonyl (C=O) groups excluding carboxylic acids is 1. The van der Waals surface area contributed by atoms with Crippen molar-refractivity contribution in [3.63, 3.8) is 0 Å². The minimum absolute atomic E-state index is 0.0949. The lowest BCUT2D eigenvalue weighted by atomic mass is 9.88. The van der Waals surface area contributed by atoms with Crippen molar-refractivity contribution < 1.29 is 4.79 Å². The molecule has 0 atom stereocenters. The number of nitrogens with zero attached hydrogens (tertiary/aromatic N) is 1. The van der Waals surface area contributed by atoms with Crippen molar-refractivity contribution in [1.82, 2.24) is 10.2 Å². The normalized spacial score (nSPS) is 15.7. The van der Waals surface area contributed by atoms with Gasteiger partial charge in [-0.15, -0.1) is 0 Å². The number of aryl methyl sites for hydroxylation is 1. The molecule has 1 aliphatic carbocycles. The summed E-state index contributed by atoms with van der Waals surface area (Å²) in [6, 6.07) is 7.53. The van der Waals surface area contributed by atoms with E-state index in [4.69, 9.17) is 11.6 Å². The number of benzene rings is 1. The number of amides is 1. The van der Waals surface area contributed by atoms with E-state index in [1.807, 2.05) is 31.2 Å². The van der Waals surface area contributed by atoms with E-state index in [1.165, 1.54) is 6.42 Å². The first kappa shape index (κ1) is 15.1. The quantitative estimate of drug-likeness (QED) is 0.872. The smallest absolute Gasteiger partial charge is 0.227 e. The lowest BCUT2D eigenvalue weighted by Crippen LogP contribution is -2.25. The molecule has 0 saturated heterocycles. The molecule has 116 valence electrons. The average molecular weight is 318 g/mol. The third-order valence-corrected chi connectivity index (χ3v) is 4.63. The third kappa shape index (κ3) is 3.02. The number of hydrogen-bond donors (Lipinski definition) is 2. The van der Waals surface area contributed by atoms with Gasteiger partial charge in [0.25, 0.3) is 0 Å². The molecule has 22 heavy (non-hydrogen) atoms. The minimum Gasteiger partial charge on any atom is -0.322 e. The van der Waals surface area contributed by atoms with Crippen LogP contribution in [0.1, 0.15) is 37.8 Å². The standard InChI is InChI=1S/C17H20ClN3O/c1-11-15(19-17(22)12-7-3-2-4-8-12)16(21-20-11)13-9-5-6-10-14(13)18/h5-6,9-10,12H,2-4,7-8H2,1H3,(H,19,22)(H,20,21). The molecule has 0 bridgehead atoms. The molecule has 1 aromatic carbocycles. The Morgan fingerprint density at radius 1 is 1.27 bits per heavy atom. The molecule has 1 saturated carbocycles. The molecule has 0 aliphatic heterocycles. The number of hydrogen-bond acceptors (Lipinski definition) is 2. The highest BCUT2D eigenvalue weighted by atomic mass is 35.5. The Balaban J connectivity index is 1.86. The van der Waals surface area contributed by atoms with Crippen molar-refractivity contribution in [2.45, 2.75) is 39.0 Å². The molecular weight excluding hydrogens is 298 g/mol. The van der Waals surface area contributed by atoms with E-state index < -0.39 is 0 Å². The fourth-order valence-electron chi connectivity index (χ4n) is 3.02. The molecule has 4 nitrogen and oxygen atoms in total. The van der Waals surface area contributed by atoms with Gasteiger partial charge in [-0.3, -0.25) is 9.89 Å². The summed E-state index contributed by atoms with van der Waals surface area (Å²) >= 11 is 6.26. The van der Waals surface area contributed by atoms with Gasteiger partial charge in [0.1, 0.15) is 5.69 Å². The zero-order valence-electron chi connectivity index (χ0n) is 12.7. The molecule has 0 spiro atoms. The van der Waals surface area contributed by atoms with Crippen molar-refractivity contribution in [2.24, 2.45) is 5.92 Å². The summed E-state index contributed by atoms with van der Waals surface area (Å²) in [6.45, 7) is 1.91. The van der Waals surface area contributed by atoms with Gasteiger partial charge in [0.15, 0.2) is 0 Å². The molecule has 2 N–H and O–H groups in total. The van der Waals surface area contributed by atoms with Crippen LogP contribution in [-0.4, -0.2) is 16.1 Å². The first-order valence-corrected chi connectivity index (χ1v) is 8.15. The van der Waals surface area contributed by atoms with Gasteiger partial charge >= 0.3 is 0 Å². The first-order valence-electron chi connectivity index (χ1n) is 7.77. The Morgan fingerprint density at radius 3 is 2.73 bits per heavy atom. The second-order valence-corrected chi connectivity index (χ2v) is 6.28. The predicted octanol–water partition coefficient (Wildman–Crippen LogP) is 4.56. The van der Waals surface area contributed by atoms with Crippen LogP contribution in [-0.2, 0) is 4.79 Å². The molecule has 1 aliphatic rings. The lowest BCUT2D eigenvalue weighted by Gasteiger charge is -2.21. The molecule has 1 heterocycles. The number of halogens is 1. The van der Waals surface area contributed by atoms with Crippen LogP contribution in [0.25, 0.3) is 11.3 Å². The molecule has 2 aromatic rings. The fourth-order valence-corrected chi connectivity index (χ4v) is 3.25. The Hall–Kier alpha value is -1.81. The third-order valence-electron chi connectivity index (χ3n) is 4.30. The van der Waals surface area contributed by atoms with Gasteiger partial charge in [0, 0.05) is 11.5 Å². The second kappa shape index (κ2) is 6.53. The number of rotatable bonds is 3. The van der Waals surface area contributed by atoms with E-state index in [0.29, 0.717) is 10.7 Å². The van der Waals surface area contributed by atoms with Gasteiger partial charge in [-0.25, -0.2) is 0 Å². The van der Waals surface area contributed by atoms with Crippen LogP contribution in [0.3, 0.4) is 0 Å². The van der Waals surface area contributed by atoms with Crippen LogP contribution in [0.15, 0.2) is 24.3 Å². The van der Waals surface area contributed by atoms with Gasteiger partial charge in [0.05, 0.1) is 16.4 Å². The summed E-state index contributed by atoms with van der Waals surface area (Å²) in [5.74, 6) is 0.208. The van der Waals surface area contributed by atoms with Crippen molar-refractivity contribution in [3.8, 4) is 11.3 Å². The zero-order chi connectivity index (χ0) is 15.5. The lowest BCUT2D eigenvalue weighted by molar-refractivity contribution is -0.120. The summed E-state index contributed by atoms with van der Waals surface area (Å²) in [4.78, 5) is 12.5. The van der Waals surface area contributed by atoms with Crippen LogP contribution in [0, 0.1) is 12.8 Å². The van der Waals surface area contributed by atoms with Crippen molar-refractivity contribution >= 4 is 23.2 Å². The molecular formula is C17H20ClN3O. The molecule has 3 rings (SSSR count). The van der Waals surface area contributed by atoms with E-state index in [-0.39, 0.29) is 11.8 Å². The summed E-state index contributed by atoms with van der Waals surface area (Å²) < 4.78 is 0. The number of carbonyl (C=O) groups is 1. The Kier molecular flexibility index (Phi) is 4.48.